The van der Waals surface area contributed by atoms with Crippen molar-refractivity contribution in [2.45, 2.75) is 32.4 Å². The summed E-state index contributed by atoms with van der Waals surface area (Å²) >= 11 is 1.73. The zero-order chi connectivity index (χ0) is 11.4. The molecule has 1 aliphatic rings. The molecule has 2 N–H and O–H groups in total. The molecule has 90 valence electrons. The molecule has 1 aromatic heterocycles. The number of aromatic nitrogens is 1. The summed E-state index contributed by atoms with van der Waals surface area (Å²) in [5.41, 5.74) is 0. The van der Waals surface area contributed by atoms with Crippen LogP contribution in [0.5, 0.6) is 0 Å². The summed E-state index contributed by atoms with van der Waals surface area (Å²) in [6, 6.07) is 0. The van der Waals surface area contributed by atoms with Gasteiger partial charge in [0.1, 0.15) is 0 Å². The van der Waals surface area contributed by atoms with Gasteiger partial charge in [-0.05, 0) is 19.8 Å². The molecule has 1 fully saturated rings. The fraction of sp³-hybridized carbons (Fsp3) is 0.727. The van der Waals surface area contributed by atoms with E-state index in [9.17, 15) is 5.11 Å². The van der Waals surface area contributed by atoms with E-state index in [1.165, 1.54) is 4.88 Å². The maximum atomic E-state index is 9.42. The van der Waals surface area contributed by atoms with Gasteiger partial charge < -0.3 is 10.4 Å². The third-order valence-corrected chi connectivity index (χ3v) is 3.76. The molecule has 1 aromatic rings. The minimum absolute atomic E-state index is 0.0879. The lowest BCUT2D eigenvalue weighted by Crippen LogP contribution is -2.35. The number of aliphatic hydroxyl groups is 1. The van der Waals surface area contributed by atoms with Crippen molar-refractivity contribution < 1.29 is 5.11 Å². The maximum Gasteiger partial charge on any atom is 0.182 e. The van der Waals surface area contributed by atoms with Gasteiger partial charge in [0.2, 0.25) is 0 Å². The predicted octanol–water partition coefficient (Wildman–Crippen LogP) is 1.53. The van der Waals surface area contributed by atoms with Crippen LogP contribution in [0.15, 0.2) is 6.20 Å². The van der Waals surface area contributed by atoms with Gasteiger partial charge in [0.15, 0.2) is 5.13 Å². The first-order valence-corrected chi connectivity index (χ1v) is 6.68. The van der Waals surface area contributed by atoms with Crippen LogP contribution in [0, 0.1) is 0 Å². The van der Waals surface area contributed by atoms with Crippen LogP contribution in [0.2, 0.25) is 0 Å². The highest BCUT2D eigenvalue weighted by Crippen LogP contribution is 2.21. The normalized spacial score (nSPS) is 18.9. The summed E-state index contributed by atoms with van der Waals surface area (Å²) < 4.78 is 0. The second-order valence-electron chi connectivity index (χ2n) is 4.17. The van der Waals surface area contributed by atoms with Crippen LogP contribution in [-0.4, -0.2) is 40.7 Å². The summed E-state index contributed by atoms with van der Waals surface area (Å²) in [4.78, 5) is 8.00. The first-order valence-electron chi connectivity index (χ1n) is 5.87. The molecule has 0 aromatic carbocycles. The molecule has 0 saturated carbocycles. The minimum atomic E-state index is -0.0879. The Morgan fingerprint density at radius 1 is 1.56 bits per heavy atom. The molecule has 2 rings (SSSR count). The van der Waals surface area contributed by atoms with E-state index in [4.69, 9.17) is 0 Å². The van der Waals surface area contributed by atoms with Gasteiger partial charge in [0.05, 0.1) is 6.10 Å². The Morgan fingerprint density at radius 3 is 3.00 bits per heavy atom. The zero-order valence-electron chi connectivity index (χ0n) is 9.65. The summed E-state index contributed by atoms with van der Waals surface area (Å²) in [6.07, 6.45) is 3.67. The molecule has 0 bridgehead atoms. The van der Waals surface area contributed by atoms with Crippen LogP contribution in [0.3, 0.4) is 0 Å². The van der Waals surface area contributed by atoms with E-state index in [0.29, 0.717) is 0 Å². The molecule has 0 aliphatic carbocycles. The van der Waals surface area contributed by atoms with Crippen molar-refractivity contribution in [2.75, 3.05) is 25.0 Å². The summed E-state index contributed by atoms with van der Waals surface area (Å²) in [6.45, 7) is 5.96. The molecule has 1 saturated heterocycles. The topological polar surface area (TPSA) is 48.4 Å². The number of rotatable bonds is 4. The van der Waals surface area contributed by atoms with Crippen LogP contribution in [-0.2, 0) is 6.54 Å². The smallest absolute Gasteiger partial charge is 0.182 e. The molecule has 16 heavy (non-hydrogen) atoms. The van der Waals surface area contributed by atoms with Gasteiger partial charge in [-0.25, -0.2) is 4.98 Å². The van der Waals surface area contributed by atoms with Crippen molar-refractivity contribution in [1.82, 2.24) is 9.88 Å². The highest BCUT2D eigenvalue weighted by atomic mass is 32.1. The van der Waals surface area contributed by atoms with Crippen molar-refractivity contribution in [3.8, 4) is 0 Å². The molecular formula is C11H19N3OS. The molecule has 4 nitrogen and oxygen atoms in total. The second kappa shape index (κ2) is 5.61. The number of thiazole rings is 1. The van der Waals surface area contributed by atoms with Gasteiger partial charge in [-0.15, -0.1) is 11.3 Å². The quantitative estimate of drug-likeness (QED) is 0.839. The van der Waals surface area contributed by atoms with Crippen molar-refractivity contribution in [1.29, 1.82) is 0 Å². The van der Waals surface area contributed by atoms with Crippen molar-refractivity contribution in [2.24, 2.45) is 0 Å². The summed E-state index contributed by atoms with van der Waals surface area (Å²) in [7, 11) is 0. The van der Waals surface area contributed by atoms with Crippen LogP contribution in [0.4, 0.5) is 5.13 Å². The molecule has 0 unspecified atom stereocenters. The lowest BCUT2D eigenvalue weighted by molar-refractivity contribution is 0.0797. The fourth-order valence-corrected chi connectivity index (χ4v) is 2.83. The monoisotopic (exact) mass is 241 g/mol. The van der Waals surface area contributed by atoms with E-state index in [0.717, 1.165) is 44.2 Å². The highest BCUT2D eigenvalue weighted by Gasteiger charge is 2.17. The SMILES string of the molecule is CCNc1ncc(CN2CCC(O)CC2)s1. The lowest BCUT2D eigenvalue weighted by Gasteiger charge is -2.28. The fourth-order valence-electron chi connectivity index (χ4n) is 1.91. The van der Waals surface area contributed by atoms with E-state index >= 15 is 0 Å². The van der Waals surface area contributed by atoms with Gasteiger partial charge in [-0.2, -0.15) is 0 Å². The molecule has 1 aliphatic heterocycles. The number of likely N-dealkylation sites (tertiary alicyclic amines) is 1. The molecule has 0 atom stereocenters. The average Bonchev–Trinajstić information content (AvgIpc) is 2.70. The Labute approximate surface area is 100 Å². The van der Waals surface area contributed by atoms with E-state index < -0.39 is 0 Å². The van der Waals surface area contributed by atoms with Crippen molar-refractivity contribution in [3.63, 3.8) is 0 Å². The Kier molecular flexibility index (Phi) is 4.15. The van der Waals surface area contributed by atoms with E-state index in [1.807, 2.05) is 6.20 Å². The third-order valence-electron chi connectivity index (χ3n) is 2.82. The Morgan fingerprint density at radius 2 is 2.31 bits per heavy atom. The minimum Gasteiger partial charge on any atom is -0.393 e. The third kappa shape index (κ3) is 3.17. The van der Waals surface area contributed by atoms with Crippen LogP contribution < -0.4 is 5.32 Å². The van der Waals surface area contributed by atoms with Crippen LogP contribution >= 0.6 is 11.3 Å². The number of nitrogens with zero attached hydrogens (tertiary/aromatic N) is 2. The van der Waals surface area contributed by atoms with E-state index in [-0.39, 0.29) is 6.10 Å². The Balaban J connectivity index is 1.83. The number of hydrogen-bond donors (Lipinski definition) is 2. The zero-order valence-corrected chi connectivity index (χ0v) is 10.5. The van der Waals surface area contributed by atoms with Crippen LogP contribution in [0.1, 0.15) is 24.6 Å². The van der Waals surface area contributed by atoms with Crippen molar-refractivity contribution in [3.05, 3.63) is 11.1 Å². The Bertz CT molecular complexity index is 321. The molecule has 0 amide bonds. The first kappa shape index (κ1) is 11.8. The number of hydrogen-bond acceptors (Lipinski definition) is 5. The summed E-state index contributed by atoms with van der Waals surface area (Å²) in [5.74, 6) is 0. The molecular weight excluding hydrogens is 222 g/mol. The number of piperidine rings is 1. The van der Waals surface area contributed by atoms with Gasteiger partial charge in [-0.1, -0.05) is 0 Å². The molecule has 0 radical (unpaired) electrons. The molecule has 5 heteroatoms. The highest BCUT2D eigenvalue weighted by molar-refractivity contribution is 7.15. The van der Waals surface area contributed by atoms with E-state index in [2.05, 4.69) is 22.1 Å². The predicted molar refractivity (Wildman–Crippen MR) is 66.8 cm³/mol. The largest absolute Gasteiger partial charge is 0.393 e. The molecule has 2 heterocycles. The lowest BCUT2D eigenvalue weighted by atomic mass is 10.1. The number of nitrogens with one attached hydrogen (secondary N) is 1. The Hall–Kier alpha value is -0.650. The average molecular weight is 241 g/mol. The number of aliphatic hydroxyl groups excluding tert-OH is 1. The van der Waals surface area contributed by atoms with E-state index in [1.54, 1.807) is 11.3 Å². The molecule has 0 spiro atoms. The van der Waals surface area contributed by atoms with Crippen LogP contribution in [0.25, 0.3) is 0 Å². The van der Waals surface area contributed by atoms with Gasteiger partial charge >= 0.3 is 0 Å². The maximum absolute atomic E-state index is 9.42. The summed E-state index contributed by atoms with van der Waals surface area (Å²) in [5, 5.41) is 13.7. The van der Waals surface area contributed by atoms with Gasteiger partial charge in [0, 0.05) is 37.3 Å². The second-order valence-corrected chi connectivity index (χ2v) is 5.28. The van der Waals surface area contributed by atoms with Gasteiger partial charge in [0.25, 0.3) is 0 Å². The van der Waals surface area contributed by atoms with Gasteiger partial charge in [-0.3, -0.25) is 4.90 Å². The van der Waals surface area contributed by atoms with Crippen molar-refractivity contribution >= 4 is 16.5 Å². The first-order chi connectivity index (χ1) is 7.78. The standard InChI is InChI=1S/C11H19N3OS/c1-2-12-11-13-7-10(16-11)8-14-5-3-9(15)4-6-14/h7,9,15H,2-6,8H2,1H3,(H,12,13). The number of anilines is 1.